The number of alkyl halides is 3. The monoisotopic (exact) mass is 330 g/mol. The highest BCUT2D eigenvalue weighted by molar-refractivity contribution is 5.94. The molecule has 0 saturated carbocycles. The highest BCUT2D eigenvalue weighted by Crippen LogP contribution is 2.27. The van der Waals surface area contributed by atoms with Crippen molar-refractivity contribution in [3.63, 3.8) is 0 Å². The molecule has 2 heterocycles. The Kier molecular flexibility index (Phi) is 4.63. The molecule has 0 unspecified atom stereocenters. The average molecular weight is 330 g/mol. The number of hydrazine groups is 1. The topological polar surface area (TPSA) is 76.1 Å². The quantitative estimate of drug-likeness (QED) is 0.665. The number of anilines is 1. The van der Waals surface area contributed by atoms with E-state index in [1.807, 2.05) is 0 Å². The van der Waals surface area contributed by atoms with Gasteiger partial charge in [-0.2, -0.15) is 13.2 Å². The third-order valence-electron chi connectivity index (χ3n) is 2.64. The van der Waals surface area contributed by atoms with Crippen molar-refractivity contribution in [2.45, 2.75) is 6.18 Å². The van der Waals surface area contributed by atoms with Crippen LogP contribution in [-0.4, -0.2) is 23.0 Å². The second-order valence-corrected chi connectivity index (χ2v) is 4.22. The van der Waals surface area contributed by atoms with Crippen LogP contribution in [0.25, 0.3) is 0 Å². The number of nitrogens with zero attached hydrogens (tertiary/aromatic N) is 2. The zero-order valence-electron chi connectivity index (χ0n) is 11.6. The fourth-order valence-electron chi connectivity index (χ4n) is 1.54. The molecule has 0 fully saturated rings. The Morgan fingerprint density at radius 2 is 1.96 bits per heavy atom. The van der Waals surface area contributed by atoms with Crippen LogP contribution in [0.5, 0.6) is 5.88 Å². The average Bonchev–Trinajstić information content (AvgIpc) is 2.52. The Morgan fingerprint density at radius 1 is 1.22 bits per heavy atom. The van der Waals surface area contributed by atoms with Crippen LogP contribution < -0.4 is 15.6 Å². The van der Waals surface area contributed by atoms with Crippen molar-refractivity contribution in [1.82, 2.24) is 15.4 Å². The SMILES string of the molecule is COc1ncc(NNC(=O)c2ccc(C(F)(F)F)nc2)cc1F. The van der Waals surface area contributed by atoms with Gasteiger partial charge in [0.1, 0.15) is 5.69 Å². The van der Waals surface area contributed by atoms with Gasteiger partial charge in [0.15, 0.2) is 5.82 Å². The van der Waals surface area contributed by atoms with Crippen LogP contribution >= 0.6 is 0 Å². The van der Waals surface area contributed by atoms with E-state index in [1.165, 1.54) is 13.3 Å². The van der Waals surface area contributed by atoms with Gasteiger partial charge < -0.3 is 4.74 Å². The number of rotatable bonds is 4. The van der Waals surface area contributed by atoms with Crippen molar-refractivity contribution in [3.8, 4) is 5.88 Å². The van der Waals surface area contributed by atoms with Gasteiger partial charge in [-0.05, 0) is 12.1 Å². The summed E-state index contributed by atoms with van der Waals surface area (Å²) in [6, 6.07) is 2.68. The number of carbonyl (C=O) groups excluding carboxylic acids is 1. The lowest BCUT2D eigenvalue weighted by Crippen LogP contribution is -2.29. The summed E-state index contributed by atoms with van der Waals surface area (Å²) in [4.78, 5) is 18.6. The molecule has 0 aliphatic heterocycles. The first-order valence-corrected chi connectivity index (χ1v) is 6.10. The van der Waals surface area contributed by atoms with Gasteiger partial charge in [0.2, 0.25) is 5.88 Å². The van der Waals surface area contributed by atoms with Gasteiger partial charge in [-0.1, -0.05) is 0 Å². The molecule has 1 amide bonds. The molecule has 23 heavy (non-hydrogen) atoms. The maximum atomic E-state index is 13.4. The van der Waals surface area contributed by atoms with E-state index in [0.29, 0.717) is 6.07 Å². The minimum Gasteiger partial charge on any atom is -0.479 e. The number of amides is 1. The minimum absolute atomic E-state index is 0.104. The number of methoxy groups -OCH3 is 1. The van der Waals surface area contributed by atoms with Crippen molar-refractivity contribution in [1.29, 1.82) is 0 Å². The number of aromatic nitrogens is 2. The number of pyridine rings is 2. The molecule has 0 bridgehead atoms. The maximum absolute atomic E-state index is 13.4. The van der Waals surface area contributed by atoms with E-state index in [2.05, 4.69) is 25.6 Å². The maximum Gasteiger partial charge on any atom is 0.433 e. The fraction of sp³-hybridized carbons (Fsp3) is 0.154. The molecular weight excluding hydrogens is 320 g/mol. The molecule has 0 atom stereocenters. The predicted octanol–water partition coefficient (Wildman–Crippen LogP) is 2.40. The summed E-state index contributed by atoms with van der Waals surface area (Å²) in [6.07, 6.45) is -2.60. The molecule has 0 saturated heterocycles. The second-order valence-electron chi connectivity index (χ2n) is 4.22. The van der Waals surface area contributed by atoms with Crippen LogP contribution in [0.1, 0.15) is 16.1 Å². The number of ether oxygens (including phenoxy) is 1. The molecule has 0 spiro atoms. The van der Waals surface area contributed by atoms with E-state index >= 15 is 0 Å². The van der Waals surface area contributed by atoms with Gasteiger partial charge in [0.25, 0.3) is 5.91 Å². The lowest BCUT2D eigenvalue weighted by atomic mass is 10.2. The summed E-state index contributed by atoms with van der Waals surface area (Å²) in [7, 11) is 1.25. The third kappa shape index (κ3) is 4.05. The van der Waals surface area contributed by atoms with Crippen LogP contribution in [0.2, 0.25) is 0 Å². The summed E-state index contributed by atoms with van der Waals surface area (Å²) in [5.41, 5.74) is 3.46. The lowest BCUT2D eigenvalue weighted by molar-refractivity contribution is -0.141. The molecule has 0 aliphatic carbocycles. The van der Waals surface area contributed by atoms with Gasteiger partial charge in [-0.3, -0.25) is 20.6 Å². The summed E-state index contributed by atoms with van der Waals surface area (Å²) < 4.78 is 55.1. The van der Waals surface area contributed by atoms with Crippen LogP contribution in [-0.2, 0) is 6.18 Å². The largest absolute Gasteiger partial charge is 0.479 e. The molecule has 2 rings (SSSR count). The second kappa shape index (κ2) is 6.46. The van der Waals surface area contributed by atoms with Crippen LogP contribution in [0.3, 0.4) is 0 Å². The molecule has 6 nitrogen and oxygen atoms in total. The highest BCUT2D eigenvalue weighted by atomic mass is 19.4. The molecule has 0 aliphatic rings. The Morgan fingerprint density at radius 3 is 2.48 bits per heavy atom. The molecule has 0 aromatic carbocycles. The molecular formula is C13H10F4N4O2. The van der Waals surface area contributed by atoms with Gasteiger partial charge in [-0.25, -0.2) is 9.37 Å². The zero-order chi connectivity index (χ0) is 17.0. The van der Waals surface area contributed by atoms with Crippen molar-refractivity contribution in [3.05, 3.63) is 47.7 Å². The summed E-state index contributed by atoms with van der Waals surface area (Å²) in [5.74, 6) is -1.71. The Labute approximate surface area is 127 Å². The predicted molar refractivity (Wildman–Crippen MR) is 71.1 cm³/mol. The smallest absolute Gasteiger partial charge is 0.433 e. The standard InChI is InChI=1S/C13H10F4N4O2/c1-23-12-9(14)4-8(6-19-12)20-21-11(22)7-2-3-10(18-5-7)13(15,16)17/h2-6,20H,1H3,(H,21,22). The summed E-state index contributed by atoms with van der Waals surface area (Å²) in [5, 5.41) is 0. The number of hydrogen-bond acceptors (Lipinski definition) is 5. The van der Waals surface area contributed by atoms with E-state index in [0.717, 1.165) is 18.3 Å². The Balaban J connectivity index is 2.01. The van der Waals surface area contributed by atoms with Gasteiger partial charge in [-0.15, -0.1) is 0 Å². The Hall–Kier alpha value is -2.91. The van der Waals surface area contributed by atoms with Crippen LogP contribution in [0, 0.1) is 5.82 Å². The van der Waals surface area contributed by atoms with E-state index in [-0.39, 0.29) is 17.1 Å². The van der Waals surface area contributed by atoms with Crippen molar-refractivity contribution >= 4 is 11.6 Å². The van der Waals surface area contributed by atoms with E-state index in [4.69, 9.17) is 0 Å². The first kappa shape index (κ1) is 16.5. The van der Waals surface area contributed by atoms with Gasteiger partial charge >= 0.3 is 6.18 Å². The third-order valence-corrected chi connectivity index (χ3v) is 2.64. The fourth-order valence-corrected chi connectivity index (χ4v) is 1.54. The first-order chi connectivity index (χ1) is 10.8. The summed E-state index contributed by atoms with van der Waals surface area (Å²) >= 11 is 0. The number of nitrogens with one attached hydrogen (secondary N) is 2. The minimum atomic E-state index is -4.58. The number of halogens is 4. The van der Waals surface area contributed by atoms with E-state index in [1.54, 1.807) is 0 Å². The zero-order valence-corrected chi connectivity index (χ0v) is 11.6. The number of carbonyl (C=O) groups is 1. The Bertz CT molecular complexity index is 704. The van der Waals surface area contributed by atoms with E-state index in [9.17, 15) is 22.4 Å². The lowest BCUT2D eigenvalue weighted by Gasteiger charge is -2.10. The van der Waals surface area contributed by atoms with Gasteiger partial charge in [0.05, 0.1) is 24.6 Å². The molecule has 2 aromatic heterocycles. The van der Waals surface area contributed by atoms with Crippen molar-refractivity contribution < 1.29 is 27.1 Å². The van der Waals surface area contributed by atoms with Gasteiger partial charge in [0, 0.05) is 12.3 Å². The molecule has 2 N–H and O–H groups in total. The summed E-state index contributed by atoms with van der Waals surface area (Å²) in [6.45, 7) is 0. The molecule has 10 heteroatoms. The first-order valence-electron chi connectivity index (χ1n) is 6.10. The number of hydrogen-bond donors (Lipinski definition) is 2. The highest BCUT2D eigenvalue weighted by Gasteiger charge is 2.32. The van der Waals surface area contributed by atoms with E-state index < -0.39 is 23.6 Å². The van der Waals surface area contributed by atoms with Crippen molar-refractivity contribution in [2.75, 3.05) is 12.5 Å². The molecule has 0 radical (unpaired) electrons. The van der Waals surface area contributed by atoms with Crippen LogP contribution in [0.15, 0.2) is 30.6 Å². The van der Waals surface area contributed by atoms with Crippen LogP contribution in [0.4, 0.5) is 23.2 Å². The molecule has 122 valence electrons. The normalized spacial score (nSPS) is 11.0. The van der Waals surface area contributed by atoms with Crippen molar-refractivity contribution in [2.24, 2.45) is 0 Å². The molecule has 2 aromatic rings.